The van der Waals surface area contributed by atoms with Gasteiger partial charge in [-0.1, -0.05) is 11.8 Å². The monoisotopic (exact) mass is 422 g/mol. The number of carbonyl (C=O) groups is 2. The summed E-state index contributed by atoms with van der Waals surface area (Å²) in [5.41, 5.74) is 2.58. The molecule has 0 aliphatic heterocycles. The van der Waals surface area contributed by atoms with Gasteiger partial charge in [-0.25, -0.2) is 9.78 Å². The van der Waals surface area contributed by atoms with Crippen molar-refractivity contribution < 1.29 is 9.59 Å². The summed E-state index contributed by atoms with van der Waals surface area (Å²) < 4.78 is 1.84. The van der Waals surface area contributed by atoms with Crippen LogP contribution in [0.5, 0.6) is 0 Å². The van der Waals surface area contributed by atoms with E-state index in [1.165, 1.54) is 11.8 Å². The van der Waals surface area contributed by atoms with E-state index in [0.29, 0.717) is 28.0 Å². The number of aromatic nitrogens is 4. The smallest absolute Gasteiger partial charge is 0.323 e. The second-order valence-corrected chi connectivity index (χ2v) is 7.47. The Kier molecular flexibility index (Phi) is 5.40. The van der Waals surface area contributed by atoms with Crippen LogP contribution < -0.4 is 16.3 Å². The Morgan fingerprint density at radius 3 is 2.50 bits per heavy atom. The second-order valence-electron chi connectivity index (χ2n) is 6.53. The molecular weight excluding hydrogens is 404 g/mol. The molecule has 0 unspecified atom stereocenters. The zero-order chi connectivity index (χ0) is 21.1. The minimum atomic E-state index is -0.301. The lowest BCUT2D eigenvalue weighted by Gasteiger charge is -2.08. The Labute approximate surface area is 174 Å². The highest BCUT2D eigenvalue weighted by atomic mass is 32.2. The van der Waals surface area contributed by atoms with Crippen LogP contribution in [-0.4, -0.2) is 37.1 Å². The quantitative estimate of drug-likeness (QED) is 0.356. The van der Waals surface area contributed by atoms with E-state index in [1.807, 2.05) is 17.8 Å². The number of anilines is 2. The molecule has 0 saturated carbocycles. The number of rotatable bonds is 6. The topological polar surface area (TPSA) is 125 Å². The number of hydrogen-bond donors (Lipinski definition) is 4. The predicted molar refractivity (Wildman–Crippen MR) is 116 cm³/mol. The van der Waals surface area contributed by atoms with Gasteiger partial charge in [0, 0.05) is 36.4 Å². The van der Waals surface area contributed by atoms with Crippen molar-refractivity contribution in [3.63, 3.8) is 0 Å². The van der Waals surface area contributed by atoms with Crippen molar-refractivity contribution in [1.82, 2.24) is 19.5 Å². The molecule has 0 atom stereocenters. The van der Waals surface area contributed by atoms with Gasteiger partial charge >= 0.3 is 5.69 Å². The first-order valence-corrected chi connectivity index (χ1v) is 10.00. The van der Waals surface area contributed by atoms with Crippen LogP contribution in [0.2, 0.25) is 0 Å². The van der Waals surface area contributed by atoms with Gasteiger partial charge in [0.15, 0.2) is 5.16 Å². The third-order valence-corrected chi connectivity index (χ3v) is 5.37. The number of thioether (sulfide) groups is 1. The summed E-state index contributed by atoms with van der Waals surface area (Å²) >= 11 is 1.34. The number of nitrogens with zero attached hydrogens (tertiary/aromatic N) is 2. The van der Waals surface area contributed by atoms with Crippen LogP contribution in [0.4, 0.5) is 11.4 Å². The lowest BCUT2D eigenvalue weighted by atomic mass is 10.2. The molecule has 0 spiro atoms. The van der Waals surface area contributed by atoms with Gasteiger partial charge in [0.25, 0.3) is 5.91 Å². The molecule has 4 aromatic rings. The number of benzene rings is 2. The first kappa shape index (κ1) is 19.5. The lowest BCUT2D eigenvalue weighted by molar-refractivity contribution is -0.113. The molecule has 4 N–H and O–H groups in total. The molecule has 4 rings (SSSR count). The van der Waals surface area contributed by atoms with E-state index in [4.69, 9.17) is 0 Å². The van der Waals surface area contributed by atoms with Gasteiger partial charge in [-0.3, -0.25) is 9.59 Å². The largest absolute Gasteiger partial charge is 0.329 e. The van der Waals surface area contributed by atoms with Gasteiger partial charge in [-0.05, 0) is 42.5 Å². The van der Waals surface area contributed by atoms with Gasteiger partial charge in [0.05, 0.1) is 16.8 Å². The third-order valence-electron chi connectivity index (χ3n) is 4.31. The fraction of sp³-hybridized carbons (Fsp3) is 0.100. The van der Waals surface area contributed by atoms with Crippen molar-refractivity contribution in [1.29, 1.82) is 0 Å². The minimum absolute atomic E-state index is 0.158. The Morgan fingerprint density at radius 1 is 1.03 bits per heavy atom. The minimum Gasteiger partial charge on any atom is -0.329 e. The molecule has 0 bridgehead atoms. The van der Waals surface area contributed by atoms with Crippen molar-refractivity contribution in [3.05, 3.63) is 70.9 Å². The normalized spacial score (nSPS) is 10.8. The molecule has 0 aliphatic carbocycles. The average molecular weight is 422 g/mol. The van der Waals surface area contributed by atoms with Crippen molar-refractivity contribution >= 4 is 46.0 Å². The number of H-pyrrole nitrogens is 2. The Bertz CT molecular complexity index is 1270. The molecule has 0 aliphatic rings. The van der Waals surface area contributed by atoms with E-state index >= 15 is 0 Å². The Hall–Kier alpha value is -3.79. The summed E-state index contributed by atoms with van der Waals surface area (Å²) in [4.78, 5) is 45.4. The van der Waals surface area contributed by atoms with Crippen molar-refractivity contribution in [2.24, 2.45) is 7.05 Å². The molecule has 9 nitrogen and oxygen atoms in total. The molecule has 0 radical (unpaired) electrons. The Morgan fingerprint density at radius 2 is 1.77 bits per heavy atom. The van der Waals surface area contributed by atoms with Gasteiger partial charge in [0.2, 0.25) is 5.91 Å². The molecule has 0 saturated heterocycles. The SMILES string of the molecule is Cn1ccnc1SCC(=O)Nc1ccc(C(=O)Nc2ccc3[nH]c(=O)[nH]c3c2)cc1. The van der Waals surface area contributed by atoms with E-state index < -0.39 is 0 Å². The highest BCUT2D eigenvalue weighted by molar-refractivity contribution is 7.99. The summed E-state index contributed by atoms with van der Waals surface area (Å²) in [5.74, 6) is -0.221. The first-order chi connectivity index (χ1) is 14.5. The number of carbonyl (C=O) groups excluding carboxylic acids is 2. The second kappa shape index (κ2) is 8.29. The zero-order valence-corrected chi connectivity index (χ0v) is 16.7. The van der Waals surface area contributed by atoms with E-state index in [0.717, 1.165) is 5.16 Å². The van der Waals surface area contributed by atoms with Crippen LogP contribution in [0.25, 0.3) is 11.0 Å². The standard InChI is InChI=1S/C20H18N6O3S/c1-26-9-8-21-20(26)30-11-17(27)22-13-4-2-12(3-5-13)18(28)23-14-6-7-15-16(10-14)25-19(29)24-15/h2-10H,11H2,1H3,(H,22,27)(H,23,28)(H2,24,25,29). The zero-order valence-electron chi connectivity index (χ0n) is 15.9. The van der Waals surface area contributed by atoms with E-state index in [-0.39, 0.29) is 23.3 Å². The highest BCUT2D eigenvalue weighted by Crippen LogP contribution is 2.18. The van der Waals surface area contributed by atoms with Crippen molar-refractivity contribution in [2.45, 2.75) is 5.16 Å². The Balaban J connectivity index is 1.34. The predicted octanol–water partition coefficient (Wildman–Crippen LogP) is 2.57. The van der Waals surface area contributed by atoms with Crippen LogP contribution in [0.15, 0.2) is 64.8 Å². The van der Waals surface area contributed by atoms with Crippen LogP contribution in [-0.2, 0) is 11.8 Å². The number of fused-ring (bicyclic) bond motifs is 1. The van der Waals surface area contributed by atoms with Crippen LogP contribution in [0.3, 0.4) is 0 Å². The van der Waals surface area contributed by atoms with Crippen molar-refractivity contribution in [3.8, 4) is 0 Å². The number of aryl methyl sites for hydroxylation is 1. The average Bonchev–Trinajstić information content (AvgIpc) is 3.30. The van der Waals surface area contributed by atoms with Gasteiger partial charge in [-0.15, -0.1) is 0 Å². The third kappa shape index (κ3) is 4.44. The maximum atomic E-state index is 12.5. The number of amides is 2. The molecule has 152 valence electrons. The highest BCUT2D eigenvalue weighted by Gasteiger charge is 2.10. The first-order valence-electron chi connectivity index (χ1n) is 9.01. The van der Waals surface area contributed by atoms with E-state index in [2.05, 4.69) is 25.6 Å². The van der Waals surface area contributed by atoms with Gasteiger partial charge in [0.1, 0.15) is 0 Å². The summed E-state index contributed by atoms with van der Waals surface area (Å²) in [6.07, 6.45) is 3.50. The maximum absolute atomic E-state index is 12.5. The molecule has 2 aromatic carbocycles. The van der Waals surface area contributed by atoms with Crippen LogP contribution in [0, 0.1) is 0 Å². The molecule has 2 heterocycles. The van der Waals surface area contributed by atoms with Gasteiger partial charge in [-0.2, -0.15) is 0 Å². The summed E-state index contributed by atoms with van der Waals surface area (Å²) in [5, 5.41) is 6.35. The molecule has 0 fully saturated rings. The maximum Gasteiger partial charge on any atom is 0.323 e. The van der Waals surface area contributed by atoms with Gasteiger partial charge < -0.3 is 25.2 Å². The van der Waals surface area contributed by atoms with E-state index in [9.17, 15) is 14.4 Å². The summed E-state index contributed by atoms with van der Waals surface area (Å²) in [6.45, 7) is 0. The number of hydrogen-bond acceptors (Lipinski definition) is 5. The number of nitrogens with one attached hydrogen (secondary N) is 4. The number of imidazole rings is 2. The molecule has 30 heavy (non-hydrogen) atoms. The summed E-state index contributed by atoms with van der Waals surface area (Å²) in [6, 6.07) is 11.7. The van der Waals surface area contributed by atoms with Crippen molar-refractivity contribution in [2.75, 3.05) is 16.4 Å². The molecule has 2 amide bonds. The molecule has 10 heteroatoms. The van der Waals surface area contributed by atoms with E-state index in [1.54, 1.807) is 48.7 Å². The van der Waals surface area contributed by atoms with Crippen LogP contribution in [0.1, 0.15) is 10.4 Å². The fourth-order valence-corrected chi connectivity index (χ4v) is 3.57. The summed E-state index contributed by atoms with van der Waals surface area (Å²) in [7, 11) is 1.87. The lowest BCUT2D eigenvalue weighted by Crippen LogP contribution is -2.15. The number of aromatic amines is 2. The fourth-order valence-electron chi connectivity index (χ4n) is 2.84. The molecule has 2 aromatic heterocycles. The molecular formula is C20H18N6O3S. The van der Waals surface area contributed by atoms with Crippen LogP contribution >= 0.6 is 11.8 Å².